The molecule has 0 bridgehead atoms. The molecule has 7 heteroatoms. The van der Waals surface area contributed by atoms with Crippen LogP contribution in [-0.4, -0.2) is 34.2 Å². The molecule has 0 fully saturated rings. The maximum absolute atomic E-state index is 12.0. The summed E-state index contributed by atoms with van der Waals surface area (Å²) in [5.41, 5.74) is 1.85. The predicted molar refractivity (Wildman–Crippen MR) is 89.0 cm³/mol. The normalized spacial score (nSPS) is 16.6. The van der Waals surface area contributed by atoms with E-state index >= 15 is 0 Å². The van der Waals surface area contributed by atoms with Gasteiger partial charge in [-0.05, 0) is 30.7 Å². The lowest BCUT2D eigenvalue weighted by Gasteiger charge is -2.10. The van der Waals surface area contributed by atoms with Crippen molar-refractivity contribution in [3.05, 3.63) is 48.3 Å². The molecule has 1 unspecified atom stereocenters. The Kier molecular flexibility index (Phi) is 4.56. The Bertz CT molecular complexity index is 694. The van der Waals surface area contributed by atoms with Gasteiger partial charge in [0.1, 0.15) is 6.54 Å². The number of guanidine groups is 1. The van der Waals surface area contributed by atoms with Crippen LogP contribution in [0.15, 0.2) is 47.7 Å². The zero-order chi connectivity index (χ0) is 16.1. The number of carbonyl (C=O) groups is 1. The van der Waals surface area contributed by atoms with E-state index in [1.165, 1.54) is 0 Å². The predicted octanol–water partition coefficient (Wildman–Crippen LogP) is 0.959. The fourth-order valence-electron chi connectivity index (χ4n) is 2.35. The standard InChI is InChI=1S/C16H20N6O/c1-12-9-17-16(20-12)18-10-13-4-2-5-14(8-13)21-15(23)11-22-7-3-6-19-22/h2-8,12H,9-11H2,1H3,(H,21,23)(H2,17,18,20). The van der Waals surface area contributed by atoms with E-state index in [1.807, 2.05) is 24.3 Å². The maximum atomic E-state index is 12.0. The van der Waals surface area contributed by atoms with E-state index in [-0.39, 0.29) is 12.5 Å². The van der Waals surface area contributed by atoms with Gasteiger partial charge in [-0.2, -0.15) is 5.10 Å². The van der Waals surface area contributed by atoms with E-state index < -0.39 is 0 Å². The highest BCUT2D eigenvalue weighted by Gasteiger charge is 2.11. The highest BCUT2D eigenvalue weighted by molar-refractivity contribution is 5.90. The second kappa shape index (κ2) is 6.95. The van der Waals surface area contributed by atoms with Crippen LogP contribution in [0.4, 0.5) is 5.69 Å². The number of rotatable bonds is 5. The SMILES string of the molecule is CC1CN=C(NCc2cccc(NC(=O)Cn3cccn3)c2)N1. The van der Waals surface area contributed by atoms with Crippen LogP contribution in [0.5, 0.6) is 0 Å². The molecule has 0 radical (unpaired) electrons. The van der Waals surface area contributed by atoms with Crippen LogP contribution in [0.1, 0.15) is 12.5 Å². The van der Waals surface area contributed by atoms with Gasteiger partial charge in [0.15, 0.2) is 5.96 Å². The molecule has 0 saturated carbocycles. The van der Waals surface area contributed by atoms with Crippen molar-refractivity contribution in [2.24, 2.45) is 4.99 Å². The lowest BCUT2D eigenvalue weighted by molar-refractivity contribution is -0.116. The van der Waals surface area contributed by atoms with Crippen molar-refractivity contribution in [3.63, 3.8) is 0 Å². The molecule has 2 heterocycles. The fraction of sp³-hybridized carbons (Fsp3) is 0.312. The van der Waals surface area contributed by atoms with E-state index in [0.29, 0.717) is 12.6 Å². The summed E-state index contributed by atoms with van der Waals surface area (Å²) >= 11 is 0. The Morgan fingerprint density at radius 2 is 2.35 bits per heavy atom. The van der Waals surface area contributed by atoms with Gasteiger partial charge in [-0.25, -0.2) is 0 Å². The van der Waals surface area contributed by atoms with Crippen LogP contribution in [0.3, 0.4) is 0 Å². The molecule has 23 heavy (non-hydrogen) atoms. The molecule has 1 atom stereocenters. The molecule has 120 valence electrons. The molecular weight excluding hydrogens is 292 g/mol. The third kappa shape index (κ3) is 4.32. The zero-order valence-corrected chi connectivity index (χ0v) is 13.0. The first-order chi connectivity index (χ1) is 11.2. The minimum Gasteiger partial charge on any atom is -0.352 e. The van der Waals surface area contributed by atoms with E-state index in [2.05, 4.69) is 33.0 Å². The van der Waals surface area contributed by atoms with Gasteiger partial charge < -0.3 is 16.0 Å². The molecule has 0 saturated heterocycles. The first kappa shape index (κ1) is 15.1. The number of aromatic nitrogens is 2. The lowest BCUT2D eigenvalue weighted by Crippen LogP contribution is -2.37. The van der Waals surface area contributed by atoms with E-state index in [0.717, 1.165) is 23.8 Å². The van der Waals surface area contributed by atoms with Crippen LogP contribution >= 0.6 is 0 Å². The minimum atomic E-state index is -0.102. The topological polar surface area (TPSA) is 83.3 Å². The number of aliphatic imine (C=N–C) groups is 1. The Hall–Kier alpha value is -2.83. The van der Waals surface area contributed by atoms with Crippen LogP contribution in [-0.2, 0) is 17.9 Å². The van der Waals surface area contributed by atoms with Crippen LogP contribution < -0.4 is 16.0 Å². The van der Waals surface area contributed by atoms with Gasteiger partial charge in [-0.3, -0.25) is 14.5 Å². The highest BCUT2D eigenvalue weighted by atomic mass is 16.2. The first-order valence-electron chi connectivity index (χ1n) is 7.60. The molecule has 7 nitrogen and oxygen atoms in total. The second-order valence-electron chi connectivity index (χ2n) is 5.54. The van der Waals surface area contributed by atoms with Crippen LogP contribution in [0.25, 0.3) is 0 Å². The van der Waals surface area contributed by atoms with Gasteiger partial charge in [0.25, 0.3) is 0 Å². The van der Waals surface area contributed by atoms with Crippen molar-refractivity contribution < 1.29 is 4.79 Å². The first-order valence-corrected chi connectivity index (χ1v) is 7.60. The van der Waals surface area contributed by atoms with E-state index in [9.17, 15) is 4.79 Å². The summed E-state index contributed by atoms with van der Waals surface area (Å²) in [7, 11) is 0. The van der Waals surface area contributed by atoms with Crippen molar-refractivity contribution in [2.45, 2.75) is 26.1 Å². The van der Waals surface area contributed by atoms with Gasteiger partial charge in [-0.15, -0.1) is 0 Å². The third-order valence-electron chi connectivity index (χ3n) is 3.44. The number of nitrogens with zero attached hydrogens (tertiary/aromatic N) is 3. The van der Waals surface area contributed by atoms with Gasteiger partial charge in [0, 0.05) is 30.7 Å². The van der Waals surface area contributed by atoms with Crippen LogP contribution in [0.2, 0.25) is 0 Å². The number of amides is 1. The van der Waals surface area contributed by atoms with Crippen LogP contribution in [0, 0.1) is 0 Å². The Labute approximate surface area is 134 Å². The second-order valence-corrected chi connectivity index (χ2v) is 5.54. The summed E-state index contributed by atoms with van der Waals surface area (Å²) in [5, 5.41) is 13.4. The monoisotopic (exact) mass is 312 g/mol. The van der Waals surface area contributed by atoms with Gasteiger partial charge in [-0.1, -0.05) is 12.1 Å². The molecule has 2 aromatic rings. The van der Waals surface area contributed by atoms with Crippen molar-refractivity contribution in [1.82, 2.24) is 20.4 Å². The molecule has 1 aromatic carbocycles. The Morgan fingerprint density at radius 3 is 3.09 bits per heavy atom. The van der Waals surface area contributed by atoms with Gasteiger partial charge in [0.2, 0.25) is 5.91 Å². The number of hydrogen-bond acceptors (Lipinski definition) is 5. The van der Waals surface area contributed by atoms with Gasteiger partial charge >= 0.3 is 0 Å². The molecule has 0 aliphatic carbocycles. The summed E-state index contributed by atoms with van der Waals surface area (Å²) in [6, 6.07) is 9.93. The number of carbonyl (C=O) groups excluding carboxylic acids is 1. The molecule has 1 aliphatic heterocycles. The average Bonchev–Trinajstić information content (AvgIpc) is 3.17. The smallest absolute Gasteiger partial charge is 0.246 e. The lowest BCUT2D eigenvalue weighted by atomic mass is 10.2. The molecule has 1 aromatic heterocycles. The molecule has 0 spiro atoms. The minimum absolute atomic E-state index is 0.102. The summed E-state index contributed by atoms with van der Waals surface area (Å²) in [4.78, 5) is 16.3. The number of hydrogen-bond donors (Lipinski definition) is 3. The van der Waals surface area contributed by atoms with E-state index in [4.69, 9.17) is 0 Å². The van der Waals surface area contributed by atoms with Crippen molar-refractivity contribution in [2.75, 3.05) is 11.9 Å². The summed E-state index contributed by atoms with van der Waals surface area (Å²) in [6.45, 7) is 3.75. The maximum Gasteiger partial charge on any atom is 0.246 e. The third-order valence-corrected chi connectivity index (χ3v) is 3.44. The average molecular weight is 312 g/mol. The number of anilines is 1. The summed E-state index contributed by atoms with van der Waals surface area (Å²) < 4.78 is 1.59. The Balaban J connectivity index is 1.53. The van der Waals surface area contributed by atoms with Crippen molar-refractivity contribution in [1.29, 1.82) is 0 Å². The van der Waals surface area contributed by atoms with Crippen molar-refractivity contribution >= 4 is 17.6 Å². The molecular formula is C16H20N6O. The molecule has 1 aliphatic rings. The molecule has 3 rings (SSSR count). The van der Waals surface area contributed by atoms with E-state index in [1.54, 1.807) is 23.1 Å². The molecule has 1 amide bonds. The Morgan fingerprint density at radius 1 is 1.43 bits per heavy atom. The molecule has 3 N–H and O–H groups in total. The highest BCUT2D eigenvalue weighted by Crippen LogP contribution is 2.11. The fourth-order valence-corrected chi connectivity index (χ4v) is 2.35. The van der Waals surface area contributed by atoms with Gasteiger partial charge in [0.05, 0.1) is 6.54 Å². The largest absolute Gasteiger partial charge is 0.352 e. The quantitative estimate of drug-likeness (QED) is 0.768. The van der Waals surface area contributed by atoms with Crippen molar-refractivity contribution in [3.8, 4) is 0 Å². The number of nitrogens with one attached hydrogen (secondary N) is 3. The summed E-state index contributed by atoms with van der Waals surface area (Å²) in [6.07, 6.45) is 3.41. The number of benzene rings is 1. The summed E-state index contributed by atoms with van der Waals surface area (Å²) in [5.74, 6) is 0.722. The zero-order valence-electron chi connectivity index (χ0n) is 13.0.